The number of amides is 2. The Kier molecular flexibility index (Phi) is 4.06. The first-order valence-electron chi connectivity index (χ1n) is 9.16. The van der Waals surface area contributed by atoms with Crippen molar-refractivity contribution >= 4 is 11.8 Å². The molecule has 3 aliphatic rings. The monoisotopic (exact) mass is 331 g/mol. The lowest BCUT2D eigenvalue weighted by atomic mass is 9.75. The third-order valence-corrected chi connectivity index (χ3v) is 5.61. The second-order valence-electron chi connectivity index (χ2n) is 7.74. The van der Waals surface area contributed by atoms with Crippen LogP contribution < -0.4 is 5.32 Å². The van der Waals surface area contributed by atoms with Crippen LogP contribution >= 0.6 is 0 Å². The van der Waals surface area contributed by atoms with Crippen LogP contribution in [0.4, 0.5) is 0 Å². The molecule has 2 heterocycles. The SMILES string of the molecule is CC1CC(C(=O)N2CCC(NC(=O)c3cc(C4CC4)on3)CC2)C1. The molecule has 0 radical (unpaired) electrons. The van der Waals surface area contributed by atoms with Gasteiger partial charge in [-0.2, -0.15) is 0 Å². The average Bonchev–Trinajstić information content (AvgIpc) is 3.29. The lowest BCUT2D eigenvalue weighted by Crippen LogP contribution is -2.49. The topological polar surface area (TPSA) is 75.4 Å². The average molecular weight is 331 g/mol. The second-order valence-corrected chi connectivity index (χ2v) is 7.74. The van der Waals surface area contributed by atoms with E-state index in [1.165, 1.54) is 0 Å². The summed E-state index contributed by atoms with van der Waals surface area (Å²) in [4.78, 5) is 26.6. The van der Waals surface area contributed by atoms with Gasteiger partial charge in [-0.1, -0.05) is 12.1 Å². The van der Waals surface area contributed by atoms with Gasteiger partial charge in [-0.3, -0.25) is 9.59 Å². The fourth-order valence-electron chi connectivity index (χ4n) is 3.82. The van der Waals surface area contributed by atoms with E-state index < -0.39 is 0 Å². The Morgan fingerprint density at radius 1 is 1.21 bits per heavy atom. The van der Waals surface area contributed by atoms with Gasteiger partial charge in [-0.15, -0.1) is 0 Å². The summed E-state index contributed by atoms with van der Waals surface area (Å²) in [5.74, 6) is 2.37. The number of carbonyl (C=O) groups excluding carboxylic acids is 2. The lowest BCUT2D eigenvalue weighted by Gasteiger charge is -2.39. The van der Waals surface area contributed by atoms with Crippen molar-refractivity contribution in [2.45, 2.75) is 57.4 Å². The highest BCUT2D eigenvalue weighted by molar-refractivity contribution is 5.92. The number of piperidine rings is 1. The molecular formula is C18H25N3O3. The summed E-state index contributed by atoms with van der Waals surface area (Å²) >= 11 is 0. The quantitative estimate of drug-likeness (QED) is 0.919. The number of likely N-dealkylation sites (tertiary alicyclic amines) is 1. The third-order valence-electron chi connectivity index (χ3n) is 5.61. The van der Waals surface area contributed by atoms with Gasteiger partial charge >= 0.3 is 0 Å². The smallest absolute Gasteiger partial charge is 0.273 e. The van der Waals surface area contributed by atoms with Gasteiger partial charge in [-0.25, -0.2) is 0 Å². The molecule has 0 bridgehead atoms. The first-order chi connectivity index (χ1) is 11.6. The van der Waals surface area contributed by atoms with Crippen molar-refractivity contribution < 1.29 is 14.1 Å². The minimum atomic E-state index is -0.164. The molecule has 0 atom stereocenters. The van der Waals surface area contributed by atoms with Crippen LogP contribution in [0.5, 0.6) is 0 Å². The highest BCUT2D eigenvalue weighted by Crippen LogP contribution is 2.40. The maximum atomic E-state index is 12.4. The highest BCUT2D eigenvalue weighted by Gasteiger charge is 2.36. The normalized spacial score (nSPS) is 27.6. The van der Waals surface area contributed by atoms with E-state index in [0.717, 1.165) is 57.4 Å². The van der Waals surface area contributed by atoms with Crippen LogP contribution in [0.3, 0.4) is 0 Å². The van der Waals surface area contributed by atoms with Crippen LogP contribution in [0.2, 0.25) is 0 Å². The standard InChI is InChI=1S/C18H25N3O3/c1-11-8-13(9-11)18(23)21-6-4-14(5-7-21)19-17(22)15-10-16(24-20-15)12-2-3-12/h10-14H,2-9H2,1H3,(H,19,22). The van der Waals surface area contributed by atoms with E-state index in [2.05, 4.69) is 17.4 Å². The highest BCUT2D eigenvalue weighted by atomic mass is 16.5. The molecular weight excluding hydrogens is 306 g/mol. The molecule has 3 fully saturated rings. The molecule has 24 heavy (non-hydrogen) atoms. The van der Waals surface area contributed by atoms with Crippen molar-refractivity contribution in [1.82, 2.24) is 15.4 Å². The molecule has 2 saturated carbocycles. The van der Waals surface area contributed by atoms with E-state index >= 15 is 0 Å². The predicted molar refractivity (Wildman–Crippen MR) is 87.4 cm³/mol. The van der Waals surface area contributed by atoms with Crippen LogP contribution in [-0.4, -0.2) is 41.0 Å². The summed E-state index contributed by atoms with van der Waals surface area (Å²) in [6, 6.07) is 1.88. The number of hydrogen-bond donors (Lipinski definition) is 1. The summed E-state index contributed by atoms with van der Waals surface area (Å²) in [6.07, 6.45) is 5.95. The van der Waals surface area contributed by atoms with Crippen molar-refractivity contribution in [2.24, 2.45) is 11.8 Å². The number of nitrogens with one attached hydrogen (secondary N) is 1. The molecule has 2 aliphatic carbocycles. The summed E-state index contributed by atoms with van der Waals surface area (Å²) in [6.45, 7) is 3.67. The maximum Gasteiger partial charge on any atom is 0.273 e. The Bertz CT molecular complexity index is 623. The predicted octanol–water partition coefficient (Wildman–Crippen LogP) is 2.32. The van der Waals surface area contributed by atoms with Crippen LogP contribution in [0.15, 0.2) is 10.6 Å². The molecule has 4 rings (SSSR count). The van der Waals surface area contributed by atoms with Gasteiger partial charge in [0.05, 0.1) is 0 Å². The van der Waals surface area contributed by atoms with E-state index in [1.54, 1.807) is 6.07 Å². The zero-order valence-electron chi connectivity index (χ0n) is 14.2. The third kappa shape index (κ3) is 3.19. The Balaban J connectivity index is 1.25. The molecule has 1 N–H and O–H groups in total. The van der Waals surface area contributed by atoms with Gasteiger partial charge < -0.3 is 14.7 Å². The van der Waals surface area contributed by atoms with E-state index in [0.29, 0.717) is 23.4 Å². The van der Waals surface area contributed by atoms with Crippen molar-refractivity contribution in [2.75, 3.05) is 13.1 Å². The minimum Gasteiger partial charge on any atom is -0.360 e. The molecule has 6 heteroatoms. The zero-order chi connectivity index (χ0) is 16.7. The maximum absolute atomic E-state index is 12.4. The molecule has 1 aromatic heterocycles. The fraction of sp³-hybridized carbons (Fsp3) is 0.722. The van der Waals surface area contributed by atoms with E-state index in [9.17, 15) is 9.59 Å². The van der Waals surface area contributed by atoms with Crippen molar-refractivity contribution in [3.63, 3.8) is 0 Å². The summed E-state index contributed by atoms with van der Waals surface area (Å²) in [5.41, 5.74) is 0.374. The molecule has 6 nitrogen and oxygen atoms in total. The molecule has 0 unspecified atom stereocenters. The first kappa shape index (κ1) is 15.7. The number of carbonyl (C=O) groups is 2. The van der Waals surface area contributed by atoms with Crippen molar-refractivity contribution in [1.29, 1.82) is 0 Å². The molecule has 0 spiro atoms. The Morgan fingerprint density at radius 2 is 1.92 bits per heavy atom. The Morgan fingerprint density at radius 3 is 2.54 bits per heavy atom. The van der Waals surface area contributed by atoms with Crippen molar-refractivity contribution in [3.8, 4) is 0 Å². The molecule has 2 amide bonds. The van der Waals surface area contributed by atoms with Crippen molar-refractivity contribution in [3.05, 3.63) is 17.5 Å². The molecule has 1 saturated heterocycles. The summed E-state index contributed by atoms with van der Waals surface area (Å²) < 4.78 is 5.24. The molecule has 1 aromatic rings. The fourth-order valence-corrected chi connectivity index (χ4v) is 3.82. The van der Waals surface area contributed by atoms with Crippen LogP contribution in [0, 0.1) is 11.8 Å². The number of rotatable bonds is 4. The lowest BCUT2D eigenvalue weighted by molar-refractivity contribution is -0.140. The Hall–Kier alpha value is -1.85. The van der Waals surface area contributed by atoms with Crippen LogP contribution in [0.1, 0.15) is 67.6 Å². The largest absolute Gasteiger partial charge is 0.360 e. The van der Waals surface area contributed by atoms with Gasteiger partial charge in [0.25, 0.3) is 5.91 Å². The van der Waals surface area contributed by atoms with Gasteiger partial charge in [0, 0.05) is 37.0 Å². The summed E-state index contributed by atoms with van der Waals surface area (Å²) in [5, 5.41) is 6.92. The zero-order valence-corrected chi connectivity index (χ0v) is 14.2. The molecule has 130 valence electrons. The van der Waals surface area contributed by atoms with Gasteiger partial charge in [0.15, 0.2) is 5.69 Å². The second kappa shape index (κ2) is 6.22. The summed E-state index contributed by atoms with van der Waals surface area (Å²) in [7, 11) is 0. The molecule has 0 aromatic carbocycles. The Labute approximate surface area is 141 Å². The van der Waals surface area contributed by atoms with E-state index in [-0.39, 0.29) is 17.9 Å². The first-order valence-corrected chi connectivity index (χ1v) is 9.16. The van der Waals surface area contributed by atoms with Gasteiger partial charge in [0.1, 0.15) is 5.76 Å². The number of nitrogens with zero attached hydrogens (tertiary/aromatic N) is 2. The van der Waals surface area contributed by atoms with Crippen LogP contribution in [0.25, 0.3) is 0 Å². The molecule has 1 aliphatic heterocycles. The number of hydrogen-bond acceptors (Lipinski definition) is 4. The number of aromatic nitrogens is 1. The minimum absolute atomic E-state index is 0.114. The van der Waals surface area contributed by atoms with E-state index in [1.807, 2.05) is 4.90 Å². The van der Waals surface area contributed by atoms with Gasteiger partial charge in [-0.05, 0) is 44.4 Å². The van der Waals surface area contributed by atoms with E-state index in [4.69, 9.17) is 4.52 Å². The van der Waals surface area contributed by atoms with Crippen LogP contribution in [-0.2, 0) is 4.79 Å². The van der Waals surface area contributed by atoms with Gasteiger partial charge in [0.2, 0.25) is 5.91 Å².